The van der Waals surface area contributed by atoms with E-state index in [0.717, 1.165) is 18.0 Å². The molecule has 3 atom stereocenters. The second kappa shape index (κ2) is 7.06. The van der Waals surface area contributed by atoms with Gasteiger partial charge in [-0.15, -0.1) is 0 Å². The van der Waals surface area contributed by atoms with Crippen LogP contribution in [0.5, 0.6) is 0 Å². The average Bonchev–Trinajstić information content (AvgIpc) is 2.53. The lowest BCUT2D eigenvalue weighted by Crippen LogP contribution is -2.50. The molecule has 0 aliphatic heterocycles. The van der Waals surface area contributed by atoms with Gasteiger partial charge in [-0.3, -0.25) is 5.32 Å². The van der Waals surface area contributed by atoms with Crippen LogP contribution >= 0.6 is 0 Å². The van der Waals surface area contributed by atoms with Gasteiger partial charge in [-0.25, -0.2) is 0 Å². The summed E-state index contributed by atoms with van der Waals surface area (Å²) in [5.41, 5.74) is 0.419. The van der Waals surface area contributed by atoms with Crippen molar-refractivity contribution in [1.82, 2.24) is 10.2 Å². The van der Waals surface area contributed by atoms with Crippen LogP contribution in [-0.2, 0) is 5.54 Å². The summed E-state index contributed by atoms with van der Waals surface area (Å²) in [6.07, 6.45) is 5.15. The first-order valence-electron chi connectivity index (χ1n) is 7.97. The van der Waals surface area contributed by atoms with E-state index in [4.69, 9.17) is 0 Å². The van der Waals surface area contributed by atoms with E-state index in [0.29, 0.717) is 6.04 Å². The number of hydrogen-bond acceptors (Lipinski definition) is 3. The predicted molar refractivity (Wildman–Crippen MR) is 86.8 cm³/mol. The third-order valence-corrected chi connectivity index (χ3v) is 4.90. The van der Waals surface area contributed by atoms with Crippen LogP contribution in [0.4, 0.5) is 0 Å². The lowest BCUT2D eigenvalue weighted by molar-refractivity contribution is 0.138. The van der Waals surface area contributed by atoms with E-state index in [2.05, 4.69) is 30.3 Å². The standard InChI is InChI=1S/C18H27N3/c1-15-8-7-11-17(12-15)21(3)14-18(13-19,20-2)16-9-5-4-6-10-16/h4-6,9-10,15,17,20H,7-8,11-12,14H2,1-3H3. The highest BCUT2D eigenvalue weighted by Crippen LogP contribution is 2.29. The summed E-state index contributed by atoms with van der Waals surface area (Å²) in [4.78, 5) is 2.38. The maximum absolute atomic E-state index is 9.79. The Hall–Kier alpha value is -1.37. The van der Waals surface area contributed by atoms with Crippen molar-refractivity contribution in [1.29, 1.82) is 5.26 Å². The largest absolute Gasteiger partial charge is 0.300 e. The Bertz CT molecular complexity index is 479. The van der Waals surface area contributed by atoms with Crippen molar-refractivity contribution < 1.29 is 0 Å². The number of nitrogens with one attached hydrogen (secondary N) is 1. The van der Waals surface area contributed by atoms with Crippen LogP contribution in [0.1, 0.15) is 38.2 Å². The number of nitrogens with zero attached hydrogens (tertiary/aromatic N) is 2. The molecule has 1 aromatic rings. The third-order valence-electron chi connectivity index (χ3n) is 4.90. The Kier molecular flexibility index (Phi) is 5.39. The van der Waals surface area contributed by atoms with E-state index in [-0.39, 0.29) is 0 Å². The fourth-order valence-corrected chi connectivity index (χ4v) is 3.50. The molecule has 114 valence electrons. The van der Waals surface area contributed by atoms with E-state index in [1.165, 1.54) is 25.7 Å². The normalized spacial score (nSPS) is 25.3. The molecule has 0 radical (unpaired) electrons. The molecule has 1 aromatic carbocycles. The van der Waals surface area contributed by atoms with Gasteiger partial charge < -0.3 is 4.90 Å². The summed E-state index contributed by atoms with van der Waals surface area (Å²) in [5.74, 6) is 0.800. The summed E-state index contributed by atoms with van der Waals surface area (Å²) >= 11 is 0. The molecule has 21 heavy (non-hydrogen) atoms. The minimum Gasteiger partial charge on any atom is -0.300 e. The van der Waals surface area contributed by atoms with Gasteiger partial charge in [0.05, 0.1) is 6.07 Å². The number of likely N-dealkylation sites (N-methyl/N-ethyl adjacent to an activating group) is 2. The van der Waals surface area contributed by atoms with Gasteiger partial charge in [0.2, 0.25) is 0 Å². The molecule has 3 unspecified atom stereocenters. The fraction of sp³-hybridized carbons (Fsp3) is 0.611. The predicted octanol–water partition coefficient (Wildman–Crippen LogP) is 3.14. The summed E-state index contributed by atoms with van der Waals surface area (Å²) in [7, 11) is 4.04. The Morgan fingerprint density at radius 2 is 2.05 bits per heavy atom. The van der Waals surface area contributed by atoms with Gasteiger partial charge in [0.15, 0.2) is 0 Å². The lowest BCUT2D eigenvalue weighted by Gasteiger charge is -2.39. The van der Waals surface area contributed by atoms with Gasteiger partial charge >= 0.3 is 0 Å². The highest BCUT2D eigenvalue weighted by atomic mass is 15.2. The molecular weight excluding hydrogens is 258 g/mol. The van der Waals surface area contributed by atoms with Gasteiger partial charge in [-0.05, 0) is 38.4 Å². The summed E-state index contributed by atoms with van der Waals surface area (Å²) in [6.45, 7) is 3.06. The molecular formula is C18H27N3. The van der Waals surface area contributed by atoms with Crippen LogP contribution < -0.4 is 5.32 Å². The molecule has 0 bridgehead atoms. The Balaban J connectivity index is 2.15. The van der Waals surface area contributed by atoms with Crippen LogP contribution in [0, 0.1) is 17.2 Å². The number of hydrogen-bond donors (Lipinski definition) is 1. The second-order valence-electron chi connectivity index (χ2n) is 6.47. The van der Waals surface area contributed by atoms with Gasteiger partial charge in [-0.1, -0.05) is 50.1 Å². The molecule has 3 heteroatoms. The van der Waals surface area contributed by atoms with Gasteiger partial charge in [-0.2, -0.15) is 5.26 Å². The Labute approximate surface area is 129 Å². The second-order valence-corrected chi connectivity index (χ2v) is 6.47. The summed E-state index contributed by atoms with van der Waals surface area (Å²) in [5, 5.41) is 13.1. The zero-order valence-electron chi connectivity index (χ0n) is 13.5. The zero-order chi connectivity index (χ0) is 15.3. The molecule has 0 spiro atoms. The van der Waals surface area contributed by atoms with E-state index in [1.807, 2.05) is 37.4 Å². The quantitative estimate of drug-likeness (QED) is 0.903. The van der Waals surface area contributed by atoms with Crippen molar-refractivity contribution in [2.24, 2.45) is 5.92 Å². The van der Waals surface area contributed by atoms with Crippen LogP contribution in [0.2, 0.25) is 0 Å². The summed E-state index contributed by atoms with van der Waals surface area (Å²) in [6, 6.07) is 13.2. The topological polar surface area (TPSA) is 39.1 Å². The molecule has 1 saturated carbocycles. The maximum atomic E-state index is 9.79. The van der Waals surface area contributed by atoms with Gasteiger partial charge in [0.1, 0.15) is 5.54 Å². The molecule has 1 fully saturated rings. The number of rotatable bonds is 5. The average molecular weight is 285 g/mol. The van der Waals surface area contributed by atoms with E-state index >= 15 is 0 Å². The first kappa shape index (κ1) is 16.0. The molecule has 0 saturated heterocycles. The van der Waals surface area contributed by atoms with E-state index < -0.39 is 5.54 Å². The van der Waals surface area contributed by atoms with Crippen molar-refractivity contribution in [3.05, 3.63) is 35.9 Å². The highest BCUT2D eigenvalue weighted by Gasteiger charge is 2.34. The molecule has 0 amide bonds. The van der Waals surface area contributed by atoms with Crippen molar-refractivity contribution in [2.75, 3.05) is 20.6 Å². The monoisotopic (exact) mass is 285 g/mol. The lowest BCUT2D eigenvalue weighted by atomic mass is 9.84. The van der Waals surface area contributed by atoms with Crippen molar-refractivity contribution in [2.45, 2.75) is 44.2 Å². The Morgan fingerprint density at radius 1 is 1.33 bits per heavy atom. The van der Waals surface area contributed by atoms with Crippen LogP contribution in [-0.4, -0.2) is 31.6 Å². The molecule has 1 aliphatic carbocycles. The first-order chi connectivity index (χ1) is 10.1. The highest BCUT2D eigenvalue weighted by molar-refractivity contribution is 5.32. The van der Waals surface area contributed by atoms with Gasteiger partial charge in [0, 0.05) is 12.6 Å². The van der Waals surface area contributed by atoms with Crippen molar-refractivity contribution in [3.8, 4) is 6.07 Å². The molecule has 1 N–H and O–H groups in total. The van der Waals surface area contributed by atoms with Gasteiger partial charge in [0.25, 0.3) is 0 Å². The van der Waals surface area contributed by atoms with Crippen molar-refractivity contribution in [3.63, 3.8) is 0 Å². The van der Waals surface area contributed by atoms with E-state index in [1.54, 1.807) is 0 Å². The molecule has 1 aliphatic rings. The first-order valence-corrected chi connectivity index (χ1v) is 7.97. The van der Waals surface area contributed by atoms with Crippen LogP contribution in [0.25, 0.3) is 0 Å². The van der Waals surface area contributed by atoms with Crippen molar-refractivity contribution >= 4 is 0 Å². The minimum absolute atomic E-state index is 0.596. The number of benzene rings is 1. The minimum atomic E-state index is -0.628. The summed E-state index contributed by atoms with van der Waals surface area (Å²) < 4.78 is 0. The number of nitriles is 1. The van der Waals surface area contributed by atoms with Crippen LogP contribution in [0.15, 0.2) is 30.3 Å². The van der Waals surface area contributed by atoms with Crippen LogP contribution in [0.3, 0.4) is 0 Å². The zero-order valence-corrected chi connectivity index (χ0v) is 13.5. The molecule has 3 nitrogen and oxygen atoms in total. The third kappa shape index (κ3) is 3.64. The van der Waals surface area contributed by atoms with E-state index in [9.17, 15) is 5.26 Å². The molecule has 2 rings (SSSR count). The molecule has 0 heterocycles. The fourth-order valence-electron chi connectivity index (χ4n) is 3.50. The smallest absolute Gasteiger partial charge is 0.144 e. The molecule has 0 aromatic heterocycles. The maximum Gasteiger partial charge on any atom is 0.144 e. The Morgan fingerprint density at radius 3 is 2.62 bits per heavy atom. The SMILES string of the molecule is CNC(C#N)(CN(C)C1CCCC(C)C1)c1ccccc1.